The molecule has 1 saturated heterocycles. The molecule has 0 spiro atoms. The van der Waals surface area contributed by atoms with Gasteiger partial charge in [0.2, 0.25) is 5.91 Å². The Kier molecular flexibility index (Phi) is 5.17. The minimum atomic E-state index is -1.20. The number of hydrogen-bond acceptors (Lipinski definition) is 4. The zero-order valence-electron chi connectivity index (χ0n) is 14.9. The molecule has 1 aromatic carbocycles. The molecular weight excluding hydrogens is 324 g/mol. The summed E-state index contributed by atoms with van der Waals surface area (Å²) in [7, 11) is 3.14. The number of carbonyl (C=O) groups is 3. The summed E-state index contributed by atoms with van der Waals surface area (Å²) in [5, 5.41) is 18.6. The van der Waals surface area contributed by atoms with Gasteiger partial charge < -0.3 is 15.1 Å². The van der Waals surface area contributed by atoms with Crippen molar-refractivity contribution in [3.05, 3.63) is 35.4 Å². The van der Waals surface area contributed by atoms with Crippen molar-refractivity contribution in [3.63, 3.8) is 0 Å². The summed E-state index contributed by atoms with van der Waals surface area (Å²) in [4.78, 5) is 38.5. The maximum Gasteiger partial charge on any atom is 0.323 e. The number of nitrogens with zero attached hydrogens (tertiary/aromatic N) is 2. The van der Waals surface area contributed by atoms with Crippen molar-refractivity contribution in [3.8, 4) is 0 Å². The molecule has 1 heterocycles. The fourth-order valence-electron chi connectivity index (χ4n) is 3.63. The van der Waals surface area contributed by atoms with E-state index in [1.54, 1.807) is 18.9 Å². The van der Waals surface area contributed by atoms with Crippen molar-refractivity contribution in [2.75, 3.05) is 20.6 Å². The third kappa shape index (κ3) is 3.37. The van der Waals surface area contributed by atoms with Crippen LogP contribution in [0.5, 0.6) is 0 Å². The van der Waals surface area contributed by atoms with Gasteiger partial charge in [-0.05, 0) is 38.4 Å². The Bertz CT molecular complexity index is 704. The second kappa shape index (κ2) is 6.84. The van der Waals surface area contributed by atoms with Crippen LogP contribution in [0, 0.1) is 12.8 Å². The fourth-order valence-corrected chi connectivity index (χ4v) is 3.63. The molecule has 1 fully saturated rings. The second-order valence-electron chi connectivity index (χ2n) is 6.89. The molecule has 1 amide bonds. The van der Waals surface area contributed by atoms with Gasteiger partial charge in [-0.3, -0.25) is 19.3 Å². The van der Waals surface area contributed by atoms with Crippen LogP contribution >= 0.6 is 0 Å². The van der Waals surface area contributed by atoms with Gasteiger partial charge in [0.1, 0.15) is 12.1 Å². The highest BCUT2D eigenvalue weighted by atomic mass is 16.4. The van der Waals surface area contributed by atoms with E-state index in [1.165, 1.54) is 7.05 Å². The van der Waals surface area contributed by atoms with Crippen LogP contribution in [0.15, 0.2) is 24.3 Å². The van der Waals surface area contributed by atoms with Gasteiger partial charge in [-0.2, -0.15) is 0 Å². The topological polar surface area (TPSA) is 98.2 Å². The Labute approximate surface area is 146 Å². The lowest BCUT2D eigenvalue weighted by molar-refractivity contribution is -0.148. The van der Waals surface area contributed by atoms with Crippen LogP contribution in [0.25, 0.3) is 0 Å². The molecule has 7 nitrogen and oxygen atoms in total. The van der Waals surface area contributed by atoms with Crippen molar-refractivity contribution < 1.29 is 24.6 Å². The lowest BCUT2D eigenvalue weighted by atomic mass is 9.87. The first-order valence-corrected chi connectivity index (χ1v) is 8.08. The Hall–Kier alpha value is -2.41. The van der Waals surface area contributed by atoms with Crippen molar-refractivity contribution in [2.24, 2.45) is 5.92 Å². The highest BCUT2D eigenvalue weighted by Gasteiger charge is 2.55. The number of aliphatic carboxylic acids is 2. The summed E-state index contributed by atoms with van der Waals surface area (Å²) < 4.78 is 0. The summed E-state index contributed by atoms with van der Waals surface area (Å²) in [5.41, 5.74) is 0.655. The molecule has 2 rings (SSSR count). The van der Waals surface area contributed by atoms with E-state index < -0.39 is 36.0 Å². The highest BCUT2D eigenvalue weighted by molar-refractivity contribution is 5.87. The normalized spacial score (nSPS) is 26.4. The first-order valence-electron chi connectivity index (χ1n) is 8.08. The van der Waals surface area contributed by atoms with Crippen LogP contribution in [0.4, 0.5) is 0 Å². The van der Waals surface area contributed by atoms with Crippen molar-refractivity contribution in [1.29, 1.82) is 0 Å². The van der Waals surface area contributed by atoms with E-state index in [4.69, 9.17) is 5.11 Å². The average molecular weight is 348 g/mol. The predicted octanol–water partition coefficient (Wildman–Crippen LogP) is 1.37. The van der Waals surface area contributed by atoms with Gasteiger partial charge in [0.15, 0.2) is 0 Å². The van der Waals surface area contributed by atoms with Gasteiger partial charge in [-0.15, -0.1) is 0 Å². The highest BCUT2D eigenvalue weighted by Crippen LogP contribution is 2.47. The molecule has 0 saturated carbocycles. The summed E-state index contributed by atoms with van der Waals surface area (Å²) in [6.45, 7) is 3.11. The van der Waals surface area contributed by atoms with Crippen molar-refractivity contribution >= 4 is 17.8 Å². The number of benzene rings is 1. The molecule has 3 atom stereocenters. The number of rotatable bonds is 5. The van der Waals surface area contributed by atoms with Crippen LogP contribution in [0.2, 0.25) is 0 Å². The summed E-state index contributed by atoms with van der Waals surface area (Å²) >= 11 is 0. The number of likely N-dealkylation sites (tertiary alicyclic amines) is 1. The van der Waals surface area contributed by atoms with Crippen LogP contribution in [0.1, 0.15) is 30.5 Å². The second-order valence-corrected chi connectivity index (χ2v) is 6.89. The Balaban J connectivity index is 2.47. The third-order valence-electron chi connectivity index (χ3n) is 5.23. The largest absolute Gasteiger partial charge is 0.480 e. The van der Waals surface area contributed by atoms with E-state index in [9.17, 15) is 19.5 Å². The number of carboxylic acid groups (broad SMARTS) is 2. The summed E-state index contributed by atoms with van der Waals surface area (Å²) in [5.74, 6) is -3.08. The number of amides is 1. The molecule has 0 radical (unpaired) electrons. The van der Waals surface area contributed by atoms with Gasteiger partial charge in [-0.25, -0.2) is 0 Å². The average Bonchev–Trinajstić information content (AvgIpc) is 2.80. The molecule has 0 unspecified atom stereocenters. The maximum atomic E-state index is 12.9. The third-order valence-corrected chi connectivity index (χ3v) is 5.23. The standard InChI is InChI=1S/C18H24N2O5/c1-11-7-5-6-8-12(11)15-13(16(23)19(3)10-14(21)22)9-18(2,17(24)25)20(15)4/h5-8,13,15H,9-10H2,1-4H3,(H,21,22)(H,24,25)/t13-,15-,18-/m0/s1. The van der Waals surface area contributed by atoms with Crippen LogP contribution < -0.4 is 0 Å². The molecule has 1 aromatic rings. The number of hydrogen-bond donors (Lipinski definition) is 2. The zero-order chi connectivity index (χ0) is 18.9. The molecule has 0 aromatic heterocycles. The molecule has 0 aliphatic carbocycles. The first kappa shape index (κ1) is 18.9. The van der Waals surface area contributed by atoms with E-state index in [0.717, 1.165) is 16.0 Å². The zero-order valence-corrected chi connectivity index (χ0v) is 14.9. The van der Waals surface area contributed by atoms with E-state index >= 15 is 0 Å². The molecule has 0 bridgehead atoms. The van der Waals surface area contributed by atoms with Gasteiger partial charge in [0.05, 0.1) is 5.92 Å². The van der Waals surface area contributed by atoms with E-state index in [1.807, 2.05) is 31.2 Å². The Morgan fingerprint density at radius 3 is 2.40 bits per heavy atom. The number of aryl methyl sites for hydroxylation is 1. The smallest absolute Gasteiger partial charge is 0.323 e. The monoisotopic (exact) mass is 348 g/mol. The number of carbonyl (C=O) groups excluding carboxylic acids is 1. The summed E-state index contributed by atoms with van der Waals surface area (Å²) in [6, 6.07) is 7.13. The van der Waals surface area contributed by atoms with Gasteiger partial charge >= 0.3 is 11.9 Å². The Morgan fingerprint density at radius 2 is 1.88 bits per heavy atom. The van der Waals surface area contributed by atoms with Crippen LogP contribution in [-0.2, 0) is 14.4 Å². The first-order chi connectivity index (χ1) is 11.6. The van der Waals surface area contributed by atoms with Crippen molar-refractivity contribution in [2.45, 2.75) is 31.8 Å². The van der Waals surface area contributed by atoms with Crippen LogP contribution in [0.3, 0.4) is 0 Å². The van der Waals surface area contributed by atoms with E-state index in [2.05, 4.69) is 0 Å². The molecule has 2 N–H and O–H groups in total. The predicted molar refractivity (Wildman–Crippen MR) is 91.1 cm³/mol. The summed E-state index contributed by atoms with van der Waals surface area (Å²) in [6.07, 6.45) is 0.126. The molecule has 1 aliphatic rings. The van der Waals surface area contributed by atoms with Crippen molar-refractivity contribution in [1.82, 2.24) is 9.80 Å². The minimum Gasteiger partial charge on any atom is -0.480 e. The quantitative estimate of drug-likeness (QED) is 0.834. The molecule has 7 heteroatoms. The molecule has 136 valence electrons. The lowest BCUT2D eigenvalue weighted by Gasteiger charge is -2.33. The molecular formula is C18H24N2O5. The fraction of sp³-hybridized carbons (Fsp3) is 0.500. The van der Waals surface area contributed by atoms with E-state index in [0.29, 0.717) is 0 Å². The minimum absolute atomic E-state index is 0.126. The molecule has 25 heavy (non-hydrogen) atoms. The van der Waals surface area contributed by atoms with E-state index in [-0.39, 0.29) is 12.3 Å². The molecule has 1 aliphatic heterocycles. The lowest BCUT2D eigenvalue weighted by Crippen LogP contribution is -2.46. The number of likely N-dealkylation sites (N-methyl/N-ethyl adjacent to an activating group) is 2. The van der Waals surface area contributed by atoms with Crippen LogP contribution in [-0.4, -0.2) is 64.0 Å². The van der Waals surface area contributed by atoms with Gasteiger partial charge in [0, 0.05) is 13.1 Å². The Morgan fingerprint density at radius 1 is 1.28 bits per heavy atom. The van der Waals surface area contributed by atoms with Gasteiger partial charge in [0.25, 0.3) is 0 Å². The van der Waals surface area contributed by atoms with Gasteiger partial charge in [-0.1, -0.05) is 24.3 Å². The SMILES string of the molecule is Cc1ccccc1[C@H]1[C@@H](C(=O)N(C)CC(=O)O)C[C@@](C)(C(=O)O)N1C. The maximum absolute atomic E-state index is 12.9. The number of carboxylic acids is 2.